The number of ether oxygens (including phenoxy) is 1. The van der Waals surface area contributed by atoms with Gasteiger partial charge < -0.3 is 30.2 Å². The van der Waals surface area contributed by atoms with E-state index >= 15 is 4.39 Å². The molecule has 3 amide bonds. The smallest absolute Gasteiger partial charge is 0.284 e. The van der Waals surface area contributed by atoms with Crippen LogP contribution in [0.1, 0.15) is 33.8 Å². The van der Waals surface area contributed by atoms with Crippen LogP contribution in [-0.2, 0) is 11.8 Å². The van der Waals surface area contributed by atoms with Crippen LogP contribution in [0.25, 0.3) is 22.5 Å². The van der Waals surface area contributed by atoms with Gasteiger partial charge in [0.05, 0.1) is 29.1 Å². The predicted molar refractivity (Wildman–Crippen MR) is 152 cm³/mol. The lowest BCUT2D eigenvalue weighted by Gasteiger charge is -2.37. The second kappa shape index (κ2) is 12.1. The molecule has 2 fully saturated rings. The van der Waals surface area contributed by atoms with Gasteiger partial charge in [0.1, 0.15) is 0 Å². The van der Waals surface area contributed by atoms with Gasteiger partial charge in [-0.2, -0.15) is 4.39 Å². The minimum atomic E-state index is -1.20. The molecule has 222 valence electrons. The third-order valence-electron chi connectivity index (χ3n) is 7.88. The van der Waals surface area contributed by atoms with E-state index < -0.39 is 17.5 Å². The zero-order chi connectivity index (χ0) is 30.1. The largest absolute Gasteiger partial charge is 0.494 e. The number of methoxy groups -OCH3 is 1. The Hall–Kier alpha value is -4.03. The summed E-state index contributed by atoms with van der Waals surface area (Å²) in [5.74, 6) is -3.84. The molecule has 2 aliphatic heterocycles. The number of hydrogen-bond acceptors (Lipinski definition) is 6. The lowest BCUT2D eigenvalue weighted by molar-refractivity contribution is -0.137. The molecule has 2 saturated heterocycles. The fraction of sp³-hybridized carbons (Fsp3) is 0.379. The van der Waals surface area contributed by atoms with Gasteiger partial charge in [0.15, 0.2) is 17.4 Å². The summed E-state index contributed by atoms with van der Waals surface area (Å²) in [5.41, 5.74) is 6.16. The van der Waals surface area contributed by atoms with Crippen molar-refractivity contribution in [3.8, 4) is 28.3 Å². The van der Waals surface area contributed by atoms with Gasteiger partial charge in [0.25, 0.3) is 11.8 Å². The molecule has 5 rings (SSSR count). The second-order valence-corrected chi connectivity index (χ2v) is 10.7. The van der Waals surface area contributed by atoms with Crippen LogP contribution >= 0.6 is 11.6 Å². The summed E-state index contributed by atoms with van der Waals surface area (Å²) in [6, 6.07) is 7.17. The van der Waals surface area contributed by atoms with Gasteiger partial charge in [-0.25, -0.2) is 9.37 Å². The first kappa shape index (κ1) is 29.5. The molecule has 42 heavy (non-hydrogen) atoms. The van der Waals surface area contributed by atoms with E-state index in [1.807, 2.05) is 4.90 Å². The van der Waals surface area contributed by atoms with Crippen molar-refractivity contribution in [1.82, 2.24) is 24.7 Å². The molecule has 1 aromatic heterocycles. The van der Waals surface area contributed by atoms with Crippen molar-refractivity contribution >= 4 is 29.3 Å². The van der Waals surface area contributed by atoms with Gasteiger partial charge >= 0.3 is 0 Å². The van der Waals surface area contributed by atoms with Crippen molar-refractivity contribution < 1.29 is 27.9 Å². The number of hydrogen-bond donors (Lipinski definition) is 2. The summed E-state index contributed by atoms with van der Waals surface area (Å²) in [6.45, 7) is 3.31. The maximum atomic E-state index is 15.1. The van der Waals surface area contributed by atoms with Crippen LogP contribution in [0.15, 0.2) is 30.3 Å². The van der Waals surface area contributed by atoms with Crippen LogP contribution in [0, 0.1) is 17.6 Å². The molecule has 0 atom stereocenters. The average Bonchev–Trinajstić information content (AvgIpc) is 3.35. The highest BCUT2D eigenvalue weighted by molar-refractivity contribution is 6.34. The Kier molecular flexibility index (Phi) is 8.46. The molecular formula is C29H31ClF2N6O4. The van der Waals surface area contributed by atoms with Gasteiger partial charge in [-0.3, -0.25) is 14.4 Å². The van der Waals surface area contributed by atoms with Gasteiger partial charge in [-0.05, 0) is 50.2 Å². The molecule has 3 N–H and O–H groups in total. The Morgan fingerprint density at radius 2 is 1.69 bits per heavy atom. The number of aromatic nitrogens is 2. The SMILES string of the molecule is COc1ccc(-c2c(-c3ccc(C(=O)N4CCN(C(=O)C5CCNCC5)CC4)c(Cl)c3)nc(C(N)=O)n2C)c(F)c1F. The Bertz CT molecular complexity index is 1550. The summed E-state index contributed by atoms with van der Waals surface area (Å²) < 4.78 is 35.9. The molecule has 0 spiro atoms. The van der Waals surface area contributed by atoms with Crippen molar-refractivity contribution in [3.05, 3.63) is 58.4 Å². The van der Waals surface area contributed by atoms with Crippen LogP contribution in [0.5, 0.6) is 5.75 Å². The predicted octanol–water partition coefficient (Wildman–Crippen LogP) is 3.08. The van der Waals surface area contributed by atoms with Crippen LogP contribution in [0.2, 0.25) is 5.02 Å². The highest BCUT2D eigenvalue weighted by atomic mass is 35.5. The zero-order valence-electron chi connectivity index (χ0n) is 23.3. The monoisotopic (exact) mass is 600 g/mol. The highest BCUT2D eigenvalue weighted by Gasteiger charge is 2.31. The third-order valence-corrected chi connectivity index (χ3v) is 8.19. The Labute approximate surface area is 246 Å². The molecule has 0 aliphatic carbocycles. The van der Waals surface area contributed by atoms with Crippen molar-refractivity contribution in [1.29, 1.82) is 0 Å². The van der Waals surface area contributed by atoms with Crippen LogP contribution in [0.4, 0.5) is 8.78 Å². The Balaban J connectivity index is 1.40. The second-order valence-electron chi connectivity index (χ2n) is 10.3. The number of nitrogens with two attached hydrogens (primary N) is 1. The molecule has 0 bridgehead atoms. The van der Waals surface area contributed by atoms with Gasteiger partial charge in [0, 0.05) is 50.3 Å². The number of primary amides is 1. The maximum absolute atomic E-state index is 15.1. The molecule has 2 aliphatic rings. The van der Waals surface area contributed by atoms with E-state index in [1.54, 1.807) is 11.0 Å². The van der Waals surface area contributed by atoms with E-state index in [4.69, 9.17) is 22.1 Å². The fourth-order valence-corrected chi connectivity index (χ4v) is 5.83. The van der Waals surface area contributed by atoms with Crippen LogP contribution in [-0.4, -0.2) is 83.5 Å². The molecule has 10 nitrogen and oxygen atoms in total. The normalized spacial score (nSPS) is 16.0. The topological polar surface area (TPSA) is 123 Å². The molecule has 2 aromatic carbocycles. The number of carbonyl (C=O) groups excluding carboxylic acids is 3. The number of halogens is 3. The van der Waals surface area contributed by atoms with Gasteiger partial charge in [-0.15, -0.1) is 0 Å². The number of amides is 3. The summed E-state index contributed by atoms with van der Waals surface area (Å²) >= 11 is 6.58. The maximum Gasteiger partial charge on any atom is 0.284 e. The zero-order valence-corrected chi connectivity index (χ0v) is 24.0. The first-order valence-electron chi connectivity index (χ1n) is 13.6. The number of rotatable bonds is 6. The molecule has 0 radical (unpaired) electrons. The standard InChI is InChI=1S/C29H31ClF2N6O4/c1-36-25(19-5-6-21(42-2)23(32)22(19)31)24(35-27(36)26(33)39)17-3-4-18(20(30)15-17)29(41)38-13-11-37(12-14-38)28(40)16-7-9-34-10-8-16/h3-6,15-16,34H,7-14H2,1-2H3,(H2,33,39). The summed E-state index contributed by atoms with van der Waals surface area (Å²) in [6.07, 6.45) is 1.64. The third kappa shape index (κ3) is 5.43. The van der Waals surface area contributed by atoms with E-state index in [0.29, 0.717) is 31.7 Å². The molecular weight excluding hydrogens is 570 g/mol. The highest BCUT2D eigenvalue weighted by Crippen LogP contribution is 2.37. The minimum Gasteiger partial charge on any atom is -0.494 e. The van der Waals surface area contributed by atoms with Crippen molar-refractivity contribution in [3.63, 3.8) is 0 Å². The van der Waals surface area contributed by atoms with E-state index in [9.17, 15) is 18.8 Å². The van der Waals surface area contributed by atoms with E-state index in [2.05, 4.69) is 10.3 Å². The molecule has 3 aromatic rings. The van der Waals surface area contributed by atoms with Crippen LogP contribution in [0.3, 0.4) is 0 Å². The van der Waals surface area contributed by atoms with Crippen molar-refractivity contribution in [2.45, 2.75) is 12.8 Å². The average molecular weight is 601 g/mol. The Morgan fingerprint density at radius 1 is 1.02 bits per heavy atom. The Morgan fingerprint density at radius 3 is 2.31 bits per heavy atom. The quantitative estimate of drug-likeness (QED) is 0.448. The van der Waals surface area contributed by atoms with Crippen LogP contribution < -0.4 is 15.8 Å². The fourth-order valence-electron chi connectivity index (χ4n) is 5.56. The van der Waals surface area contributed by atoms with Gasteiger partial charge in [-0.1, -0.05) is 17.7 Å². The number of nitrogens with zero attached hydrogens (tertiary/aromatic N) is 4. The molecule has 0 saturated carbocycles. The number of piperidine rings is 1. The lowest BCUT2D eigenvalue weighted by Crippen LogP contribution is -2.52. The van der Waals surface area contributed by atoms with E-state index in [1.165, 1.54) is 43.0 Å². The van der Waals surface area contributed by atoms with Crippen molar-refractivity contribution in [2.24, 2.45) is 18.7 Å². The van der Waals surface area contributed by atoms with E-state index in [0.717, 1.165) is 25.9 Å². The number of piperazine rings is 1. The minimum absolute atomic E-state index is 0.0185. The first-order chi connectivity index (χ1) is 20.1. The lowest BCUT2D eigenvalue weighted by atomic mass is 9.96. The van der Waals surface area contributed by atoms with E-state index in [-0.39, 0.29) is 56.8 Å². The summed E-state index contributed by atoms with van der Waals surface area (Å²) in [7, 11) is 2.68. The molecule has 3 heterocycles. The van der Waals surface area contributed by atoms with Gasteiger partial charge in [0.2, 0.25) is 11.7 Å². The van der Waals surface area contributed by atoms with Crippen molar-refractivity contribution in [2.75, 3.05) is 46.4 Å². The molecule has 0 unspecified atom stereocenters. The first-order valence-corrected chi connectivity index (χ1v) is 14.0. The summed E-state index contributed by atoms with van der Waals surface area (Å²) in [5, 5.41) is 3.38. The number of benzene rings is 2. The summed E-state index contributed by atoms with van der Waals surface area (Å²) in [4.78, 5) is 46.1. The number of imidazole rings is 1. The number of nitrogens with one attached hydrogen (secondary N) is 1. The molecule has 13 heteroatoms. The number of carbonyl (C=O) groups is 3.